The van der Waals surface area contributed by atoms with E-state index < -0.39 is 0 Å². The molecule has 5 heteroatoms. The van der Waals surface area contributed by atoms with Gasteiger partial charge in [-0.3, -0.25) is 9.79 Å². The van der Waals surface area contributed by atoms with Crippen molar-refractivity contribution in [3.63, 3.8) is 0 Å². The molecule has 1 aliphatic carbocycles. The Morgan fingerprint density at radius 2 is 1.93 bits per heavy atom. The van der Waals surface area contributed by atoms with Crippen molar-refractivity contribution in [1.82, 2.24) is 5.32 Å². The van der Waals surface area contributed by atoms with Crippen LogP contribution in [0.4, 0.5) is 0 Å². The Bertz CT molecular complexity index is 927. The highest BCUT2D eigenvalue weighted by Gasteiger charge is 2.34. The number of aliphatic imine (C=N–C) groups is 2. The van der Waals surface area contributed by atoms with Gasteiger partial charge in [-0.15, -0.1) is 0 Å². The fourth-order valence-corrected chi connectivity index (χ4v) is 3.75. The van der Waals surface area contributed by atoms with E-state index in [1.54, 1.807) is 24.3 Å². The highest BCUT2D eigenvalue weighted by molar-refractivity contribution is 6.30. The summed E-state index contributed by atoms with van der Waals surface area (Å²) in [5.41, 5.74) is 2.99. The molecule has 1 fully saturated rings. The van der Waals surface area contributed by atoms with E-state index in [9.17, 15) is 4.79 Å². The van der Waals surface area contributed by atoms with Crippen LogP contribution in [-0.4, -0.2) is 17.6 Å². The maximum absolute atomic E-state index is 12.7. The molecule has 0 bridgehead atoms. The van der Waals surface area contributed by atoms with Crippen LogP contribution < -0.4 is 5.32 Å². The maximum atomic E-state index is 12.7. The van der Waals surface area contributed by atoms with Gasteiger partial charge in [-0.1, -0.05) is 49.2 Å². The minimum absolute atomic E-state index is 0.166. The average molecular weight is 380 g/mol. The van der Waals surface area contributed by atoms with Gasteiger partial charge in [-0.05, 0) is 48.1 Å². The van der Waals surface area contributed by atoms with Crippen molar-refractivity contribution in [3.8, 4) is 0 Å². The third-order valence-corrected chi connectivity index (χ3v) is 5.67. The minimum atomic E-state index is -0.166. The molecule has 27 heavy (non-hydrogen) atoms. The monoisotopic (exact) mass is 379 g/mol. The molecule has 2 aromatic rings. The van der Waals surface area contributed by atoms with E-state index in [1.165, 1.54) is 12.0 Å². The van der Waals surface area contributed by atoms with Gasteiger partial charge in [0.05, 0.1) is 6.54 Å². The van der Waals surface area contributed by atoms with Gasteiger partial charge in [0.25, 0.3) is 5.91 Å². The molecule has 1 heterocycles. The topological polar surface area (TPSA) is 53.8 Å². The van der Waals surface area contributed by atoms with E-state index >= 15 is 0 Å². The van der Waals surface area contributed by atoms with Crippen LogP contribution in [0.3, 0.4) is 0 Å². The molecule has 0 aromatic heterocycles. The van der Waals surface area contributed by atoms with Gasteiger partial charge in [-0.25, -0.2) is 4.99 Å². The summed E-state index contributed by atoms with van der Waals surface area (Å²) in [7, 11) is 0. The Kier molecular flexibility index (Phi) is 4.83. The van der Waals surface area contributed by atoms with Crippen LogP contribution in [0.2, 0.25) is 5.02 Å². The lowest BCUT2D eigenvalue weighted by atomic mass is 9.68. The van der Waals surface area contributed by atoms with Crippen LogP contribution in [0.15, 0.2) is 58.5 Å². The summed E-state index contributed by atoms with van der Waals surface area (Å²) in [6, 6.07) is 15.0. The first-order valence-corrected chi connectivity index (χ1v) is 9.67. The van der Waals surface area contributed by atoms with E-state index in [0.29, 0.717) is 28.8 Å². The van der Waals surface area contributed by atoms with Crippen LogP contribution in [0.5, 0.6) is 0 Å². The summed E-state index contributed by atoms with van der Waals surface area (Å²) >= 11 is 5.93. The first kappa shape index (κ1) is 17.9. The molecule has 0 atom stereocenters. The highest BCUT2D eigenvalue weighted by atomic mass is 35.5. The lowest BCUT2D eigenvalue weighted by Gasteiger charge is -2.38. The van der Waals surface area contributed by atoms with Crippen LogP contribution in [0, 0.1) is 5.41 Å². The van der Waals surface area contributed by atoms with Crippen molar-refractivity contribution in [3.05, 3.63) is 70.2 Å². The lowest BCUT2D eigenvalue weighted by molar-refractivity contribution is 0.0973. The minimum Gasteiger partial charge on any atom is -0.310 e. The van der Waals surface area contributed by atoms with Gasteiger partial charge >= 0.3 is 0 Å². The van der Waals surface area contributed by atoms with E-state index in [2.05, 4.69) is 23.3 Å². The number of hydrogen-bond acceptors (Lipinski definition) is 3. The Labute approximate surface area is 164 Å². The molecule has 0 radical (unpaired) electrons. The van der Waals surface area contributed by atoms with Gasteiger partial charge in [0.2, 0.25) is 0 Å². The van der Waals surface area contributed by atoms with Crippen LogP contribution in [-0.2, 0) is 6.54 Å². The summed E-state index contributed by atoms with van der Waals surface area (Å²) in [5, 5.41) is 3.63. The predicted molar refractivity (Wildman–Crippen MR) is 110 cm³/mol. The van der Waals surface area contributed by atoms with Gasteiger partial charge in [0.1, 0.15) is 5.84 Å². The van der Waals surface area contributed by atoms with Crippen molar-refractivity contribution in [2.45, 2.75) is 39.2 Å². The van der Waals surface area contributed by atoms with Crippen molar-refractivity contribution in [2.24, 2.45) is 15.4 Å². The number of hydrogen-bond donors (Lipinski definition) is 1. The van der Waals surface area contributed by atoms with E-state index in [4.69, 9.17) is 16.6 Å². The SMILES string of the molecule is CC1(CC(=NC2=NCc3ccccc32)NC(=O)c2ccc(Cl)cc2)CCC1. The zero-order valence-corrected chi connectivity index (χ0v) is 16.1. The summed E-state index contributed by atoms with van der Waals surface area (Å²) < 4.78 is 0. The molecule has 1 amide bonds. The maximum Gasteiger partial charge on any atom is 0.256 e. The molecular formula is C22H22ClN3O. The summed E-state index contributed by atoms with van der Waals surface area (Å²) in [4.78, 5) is 22.0. The molecule has 2 aliphatic rings. The average Bonchev–Trinajstić information content (AvgIpc) is 3.04. The zero-order valence-electron chi connectivity index (χ0n) is 15.3. The smallest absolute Gasteiger partial charge is 0.256 e. The predicted octanol–water partition coefficient (Wildman–Crippen LogP) is 5.01. The number of rotatable bonds is 3. The first-order chi connectivity index (χ1) is 13.0. The number of nitrogens with one attached hydrogen (secondary N) is 1. The standard InChI is InChI=1S/C22H22ClN3O/c1-22(11-4-12-22)13-19(26-21(27)15-7-9-17(23)10-8-15)25-20-18-6-3-2-5-16(18)14-24-20/h2-3,5-10H,4,11-14H2,1H3,(H,24,25,26,27). The van der Waals surface area contributed by atoms with Gasteiger partial charge in [0.15, 0.2) is 5.84 Å². The molecule has 138 valence electrons. The zero-order chi connectivity index (χ0) is 18.9. The number of halogens is 1. The van der Waals surface area contributed by atoms with Crippen LogP contribution in [0.1, 0.15) is 54.1 Å². The van der Waals surface area contributed by atoms with Crippen molar-refractivity contribution >= 4 is 29.2 Å². The Morgan fingerprint density at radius 3 is 2.63 bits per heavy atom. The highest BCUT2D eigenvalue weighted by Crippen LogP contribution is 2.43. The summed E-state index contributed by atoms with van der Waals surface area (Å²) in [5.74, 6) is 1.23. The molecule has 0 unspecified atom stereocenters. The van der Waals surface area contributed by atoms with Crippen LogP contribution in [0.25, 0.3) is 0 Å². The molecule has 4 nitrogen and oxygen atoms in total. The summed E-state index contributed by atoms with van der Waals surface area (Å²) in [6.45, 7) is 2.90. The summed E-state index contributed by atoms with van der Waals surface area (Å²) in [6.07, 6.45) is 4.30. The second kappa shape index (κ2) is 7.28. The van der Waals surface area contributed by atoms with Crippen molar-refractivity contribution in [2.75, 3.05) is 0 Å². The van der Waals surface area contributed by atoms with Crippen molar-refractivity contribution in [1.29, 1.82) is 0 Å². The fourth-order valence-electron chi connectivity index (χ4n) is 3.62. The molecule has 1 N–H and O–H groups in total. The largest absolute Gasteiger partial charge is 0.310 e. The lowest BCUT2D eigenvalue weighted by Crippen LogP contribution is -2.38. The molecule has 2 aromatic carbocycles. The van der Waals surface area contributed by atoms with Gasteiger partial charge in [0, 0.05) is 22.6 Å². The van der Waals surface area contributed by atoms with Crippen LogP contribution >= 0.6 is 11.6 Å². The normalized spacial score (nSPS) is 17.7. The third-order valence-electron chi connectivity index (χ3n) is 5.42. The molecule has 0 spiro atoms. The third kappa shape index (κ3) is 3.96. The Balaban J connectivity index is 1.59. The number of nitrogens with zero attached hydrogens (tertiary/aromatic N) is 2. The van der Waals surface area contributed by atoms with E-state index in [0.717, 1.165) is 24.8 Å². The van der Waals surface area contributed by atoms with E-state index in [-0.39, 0.29) is 11.3 Å². The number of benzene rings is 2. The quantitative estimate of drug-likeness (QED) is 0.591. The van der Waals surface area contributed by atoms with Gasteiger partial charge < -0.3 is 5.32 Å². The number of amides is 1. The Hall–Kier alpha value is -2.46. The Morgan fingerprint density at radius 1 is 1.19 bits per heavy atom. The second-order valence-electron chi connectivity index (χ2n) is 7.66. The number of fused-ring (bicyclic) bond motifs is 1. The molecular weight excluding hydrogens is 358 g/mol. The molecule has 0 saturated heterocycles. The fraction of sp³-hybridized carbons (Fsp3) is 0.318. The van der Waals surface area contributed by atoms with Gasteiger partial charge in [-0.2, -0.15) is 0 Å². The molecule has 1 aliphatic heterocycles. The number of amidine groups is 2. The van der Waals surface area contributed by atoms with E-state index in [1.807, 2.05) is 18.2 Å². The van der Waals surface area contributed by atoms with Crippen molar-refractivity contribution < 1.29 is 4.79 Å². The second-order valence-corrected chi connectivity index (χ2v) is 8.09. The first-order valence-electron chi connectivity index (χ1n) is 9.30. The molecule has 1 saturated carbocycles. The molecule has 4 rings (SSSR count). The number of carbonyl (C=O) groups is 1. The number of carbonyl (C=O) groups excluding carboxylic acids is 1.